The molecule has 0 bridgehead atoms. The summed E-state index contributed by atoms with van der Waals surface area (Å²) in [5.74, 6) is -1.13. The molecule has 5 nitrogen and oxygen atoms in total. The van der Waals surface area contributed by atoms with Gasteiger partial charge in [0.05, 0.1) is 10.5 Å². The van der Waals surface area contributed by atoms with Gasteiger partial charge in [0, 0.05) is 4.88 Å². The Morgan fingerprint density at radius 3 is 2.43 bits per heavy atom. The van der Waals surface area contributed by atoms with Gasteiger partial charge >= 0.3 is 5.97 Å². The second kappa shape index (κ2) is 5.87. The lowest BCUT2D eigenvalue weighted by Gasteiger charge is -2.07. The molecule has 0 aliphatic heterocycles. The summed E-state index contributed by atoms with van der Waals surface area (Å²) in [7, 11) is -3.78. The predicted octanol–water partition coefficient (Wildman–Crippen LogP) is 3.12. The zero-order chi connectivity index (χ0) is 15.6. The molecule has 21 heavy (non-hydrogen) atoms. The number of anilines is 1. The SMILES string of the molecule is CCc1sc(NS(=O)(=O)c2ccccc2)c(C(=O)O)c1C. The molecule has 0 aliphatic carbocycles. The number of carbonyl (C=O) groups is 1. The molecule has 2 N–H and O–H groups in total. The van der Waals surface area contributed by atoms with Crippen molar-refractivity contribution in [2.45, 2.75) is 25.2 Å². The maximum absolute atomic E-state index is 12.3. The Labute approximate surface area is 127 Å². The first-order valence-corrected chi connectivity index (χ1v) is 8.60. The quantitative estimate of drug-likeness (QED) is 0.884. The number of carboxylic acids is 1. The molecule has 0 radical (unpaired) electrons. The zero-order valence-corrected chi connectivity index (χ0v) is 13.2. The van der Waals surface area contributed by atoms with Crippen molar-refractivity contribution >= 4 is 32.3 Å². The number of rotatable bonds is 5. The number of sulfonamides is 1. The van der Waals surface area contributed by atoms with Crippen LogP contribution in [0, 0.1) is 6.92 Å². The minimum Gasteiger partial charge on any atom is -0.478 e. The van der Waals surface area contributed by atoms with E-state index in [0.29, 0.717) is 12.0 Å². The number of aromatic carboxylic acids is 1. The molecule has 1 heterocycles. The van der Waals surface area contributed by atoms with E-state index in [1.807, 2.05) is 6.92 Å². The van der Waals surface area contributed by atoms with Gasteiger partial charge in [-0.15, -0.1) is 11.3 Å². The fourth-order valence-corrected chi connectivity index (χ4v) is 4.47. The van der Waals surface area contributed by atoms with E-state index in [2.05, 4.69) is 4.72 Å². The van der Waals surface area contributed by atoms with Crippen molar-refractivity contribution in [2.24, 2.45) is 0 Å². The van der Waals surface area contributed by atoms with Crippen LogP contribution in [0.5, 0.6) is 0 Å². The van der Waals surface area contributed by atoms with E-state index >= 15 is 0 Å². The first-order chi connectivity index (χ1) is 9.86. The van der Waals surface area contributed by atoms with Crippen LogP contribution < -0.4 is 4.72 Å². The lowest BCUT2D eigenvalue weighted by Crippen LogP contribution is -2.14. The number of nitrogens with one attached hydrogen (secondary N) is 1. The molecule has 2 rings (SSSR count). The predicted molar refractivity (Wildman–Crippen MR) is 82.6 cm³/mol. The normalized spacial score (nSPS) is 11.3. The van der Waals surface area contributed by atoms with Crippen molar-refractivity contribution in [1.29, 1.82) is 0 Å². The fraction of sp³-hybridized carbons (Fsp3) is 0.214. The van der Waals surface area contributed by atoms with E-state index in [9.17, 15) is 18.3 Å². The first-order valence-electron chi connectivity index (χ1n) is 6.30. The molecular formula is C14H15NO4S2. The Morgan fingerprint density at radius 1 is 1.29 bits per heavy atom. The third-order valence-electron chi connectivity index (χ3n) is 3.06. The highest BCUT2D eigenvalue weighted by Gasteiger charge is 2.24. The molecule has 112 valence electrons. The summed E-state index contributed by atoms with van der Waals surface area (Å²) in [4.78, 5) is 12.3. The molecule has 2 aromatic rings. The number of hydrogen-bond donors (Lipinski definition) is 2. The molecule has 0 fully saturated rings. The summed E-state index contributed by atoms with van der Waals surface area (Å²) in [5, 5.41) is 9.45. The second-order valence-corrected chi connectivity index (χ2v) is 7.22. The maximum Gasteiger partial charge on any atom is 0.339 e. The molecule has 0 spiro atoms. The Morgan fingerprint density at radius 2 is 1.90 bits per heavy atom. The molecule has 0 atom stereocenters. The second-order valence-electron chi connectivity index (χ2n) is 4.43. The van der Waals surface area contributed by atoms with Gasteiger partial charge in [0.1, 0.15) is 5.00 Å². The van der Waals surface area contributed by atoms with Gasteiger partial charge in [-0.3, -0.25) is 4.72 Å². The van der Waals surface area contributed by atoms with Gasteiger partial charge in [0.15, 0.2) is 0 Å². The van der Waals surface area contributed by atoms with Crippen molar-refractivity contribution in [2.75, 3.05) is 4.72 Å². The Kier molecular flexibility index (Phi) is 4.34. The van der Waals surface area contributed by atoms with Crippen molar-refractivity contribution in [1.82, 2.24) is 0 Å². The Balaban J connectivity index is 2.47. The van der Waals surface area contributed by atoms with Crippen LogP contribution in [0.1, 0.15) is 27.7 Å². The summed E-state index contributed by atoms with van der Waals surface area (Å²) >= 11 is 1.16. The molecular weight excluding hydrogens is 310 g/mol. The van der Waals surface area contributed by atoms with E-state index in [4.69, 9.17) is 0 Å². The van der Waals surface area contributed by atoms with Crippen LogP contribution in [-0.2, 0) is 16.4 Å². The van der Waals surface area contributed by atoms with Crippen LogP contribution in [0.4, 0.5) is 5.00 Å². The van der Waals surface area contributed by atoms with E-state index in [0.717, 1.165) is 16.2 Å². The first kappa shape index (κ1) is 15.5. The van der Waals surface area contributed by atoms with Crippen molar-refractivity contribution < 1.29 is 18.3 Å². The smallest absolute Gasteiger partial charge is 0.339 e. The van der Waals surface area contributed by atoms with Gasteiger partial charge in [-0.2, -0.15) is 0 Å². The topological polar surface area (TPSA) is 83.5 Å². The van der Waals surface area contributed by atoms with Crippen LogP contribution >= 0.6 is 11.3 Å². The lowest BCUT2D eigenvalue weighted by molar-refractivity contribution is 0.0697. The molecule has 1 aromatic carbocycles. The van der Waals surface area contributed by atoms with Crippen LogP contribution in [-0.4, -0.2) is 19.5 Å². The van der Waals surface area contributed by atoms with Gasteiger partial charge in [0.25, 0.3) is 10.0 Å². The maximum atomic E-state index is 12.3. The number of hydrogen-bond acceptors (Lipinski definition) is 4. The van der Waals surface area contributed by atoms with Crippen molar-refractivity contribution in [3.05, 3.63) is 46.3 Å². The molecule has 0 aliphatic rings. The van der Waals surface area contributed by atoms with Gasteiger partial charge in [0.2, 0.25) is 0 Å². The van der Waals surface area contributed by atoms with Gasteiger partial charge in [-0.25, -0.2) is 13.2 Å². The van der Waals surface area contributed by atoms with Gasteiger partial charge in [-0.05, 0) is 31.0 Å². The number of carboxylic acid groups (broad SMARTS) is 1. The van der Waals surface area contributed by atoms with Gasteiger partial charge in [-0.1, -0.05) is 25.1 Å². The Bertz CT molecular complexity index is 764. The molecule has 7 heteroatoms. The van der Waals surface area contributed by atoms with Crippen LogP contribution in [0.2, 0.25) is 0 Å². The molecule has 1 aromatic heterocycles. The summed E-state index contributed by atoms with van der Waals surface area (Å²) < 4.78 is 27.0. The van der Waals surface area contributed by atoms with Crippen LogP contribution in [0.3, 0.4) is 0 Å². The number of aryl methyl sites for hydroxylation is 1. The highest BCUT2D eigenvalue weighted by Crippen LogP contribution is 2.34. The minimum atomic E-state index is -3.78. The lowest BCUT2D eigenvalue weighted by atomic mass is 10.1. The summed E-state index contributed by atoms with van der Waals surface area (Å²) in [6.45, 7) is 3.60. The number of thiophene rings is 1. The highest BCUT2D eigenvalue weighted by molar-refractivity contribution is 7.93. The third-order valence-corrected chi connectivity index (χ3v) is 5.91. The standard InChI is InChI=1S/C14H15NO4S2/c1-3-11-9(2)12(14(16)17)13(20-11)15-21(18,19)10-7-5-4-6-8-10/h4-8,15H,3H2,1-2H3,(H,16,17). The van der Waals surface area contributed by atoms with Crippen LogP contribution in [0.25, 0.3) is 0 Å². The minimum absolute atomic E-state index is 0.0244. The molecule has 0 amide bonds. The summed E-state index contributed by atoms with van der Waals surface area (Å²) in [5.41, 5.74) is 0.636. The van der Waals surface area contributed by atoms with E-state index in [1.165, 1.54) is 12.1 Å². The summed E-state index contributed by atoms with van der Waals surface area (Å²) in [6.07, 6.45) is 0.657. The van der Waals surface area contributed by atoms with Crippen molar-refractivity contribution in [3.63, 3.8) is 0 Å². The molecule has 0 saturated heterocycles. The zero-order valence-electron chi connectivity index (χ0n) is 11.6. The van der Waals surface area contributed by atoms with Crippen LogP contribution in [0.15, 0.2) is 35.2 Å². The largest absolute Gasteiger partial charge is 0.478 e. The van der Waals surface area contributed by atoms with E-state index in [-0.39, 0.29) is 15.5 Å². The number of benzene rings is 1. The average molecular weight is 325 g/mol. The third kappa shape index (κ3) is 3.08. The molecule has 0 saturated carbocycles. The monoisotopic (exact) mass is 325 g/mol. The Hall–Kier alpha value is -1.86. The fourth-order valence-electron chi connectivity index (χ4n) is 2.01. The van der Waals surface area contributed by atoms with E-state index < -0.39 is 16.0 Å². The van der Waals surface area contributed by atoms with Gasteiger partial charge < -0.3 is 5.11 Å². The summed E-state index contributed by atoms with van der Waals surface area (Å²) in [6, 6.07) is 7.87. The van der Waals surface area contributed by atoms with Crippen molar-refractivity contribution in [3.8, 4) is 0 Å². The van der Waals surface area contributed by atoms with E-state index in [1.54, 1.807) is 25.1 Å². The molecule has 0 unspecified atom stereocenters. The highest BCUT2D eigenvalue weighted by atomic mass is 32.2. The average Bonchev–Trinajstić information content (AvgIpc) is 2.75.